The normalized spacial score (nSPS) is 30.4. The fourth-order valence-electron chi connectivity index (χ4n) is 4.78. The van der Waals surface area contributed by atoms with Crippen molar-refractivity contribution in [2.45, 2.75) is 31.0 Å². The minimum atomic E-state index is -1.70. The van der Waals surface area contributed by atoms with E-state index in [0.717, 1.165) is 19.1 Å². The van der Waals surface area contributed by atoms with E-state index in [4.69, 9.17) is 23.0 Å². The Balaban J connectivity index is 0.000000614. The second-order valence-corrected chi connectivity index (χ2v) is 14.7. The summed E-state index contributed by atoms with van der Waals surface area (Å²) in [5.41, 5.74) is 0.642. The fourth-order valence-corrected chi connectivity index (χ4v) is 8.72. The first kappa shape index (κ1) is 23.4. The van der Waals surface area contributed by atoms with Gasteiger partial charge in [0.25, 0.3) is 0 Å². The molecule has 4 unspecified atom stereocenters. The fraction of sp³-hybridized carbons (Fsp3) is 0.526. The van der Waals surface area contributed by atoms with Crippen LogP contribution in [0.15, 0.2) is 47.1 Å². The van der Waals surface area contributed by atoms with Gasteiger partial charge in [0.2, 0.25) is 0 Å². The van der Waals surface area contributed by atoms with Crippen molar-refractivity contribution in [3.8, 4) is 0 Å². The Labute approximate surface area is 181 Å². The van der Waals surface area contributed by atoms with E-state index in [0.29, 0.717) is 30.0 Å². The number of nitrogens with zero attached hydrogens (tertiary/aromatic N) is 3. The molecule has 1 saturated heterocycles. The zero-order valence-electron chi connectivity index (χ0n) is 16.2. The maximum atomic E-state index is 5.84. The van der Waals surface area contributed by atoms with Crippen LogP contribution in [-0.4, -0.2) is 32.8 Å². The molecule has 8 heteroatoms. The molecule has 0 bridgehead atoms. The van der Waals surface area contributed by atoms with Crippen molar-refractivity contribution in [2.75, 3.05) is 20.0 Å². The molecular formula is C19H28Cl2N3OSiTi+. The first-order valence-electron chi connectivity index (χ1n) is 8.95. The standard InChI is InChI=1S/C18H25N3OSi.CH3.2ClH.Ti/c1-23(2,21-12-19-11-20-13-21)18-15-7-4-3-6-14(15)10-16(18)17-8-5-9-22-17;;;;/h3-9,14-16,18H,10-13H2,1-2H3;1H3;2*1H;/q-2;-1;;;+6/p-2. The summed E-state index contributed by atoms with van der Waals surface area (Å²) in [6.07, 6.45) is 12.3. The molecule has 4 nitrogen and oxygen atoms in total. The van der Waals surface area contributed by atoms with Crippen LogP contribution < -0.4 is 0 Å². The number of fused-ring (bicyclic) bond motifs is 1. The van der Waals surface area contributed by atoms with Gasteiger partial charge >= 0.3 is 35.6 Å². The molecule has 0 spiro atoms. The van der Waals surface area contributed by atoms with Crippen LogP contribution in [0.25, 0.3) is 10.6 Å². The molecule has 3 aliphatic rings. The van der Waals surface area contributed by atoms with E-state index in [9.17, 15) is 0 Å². The summed E-state index contributed by atoms with van der Waals surface area (Å²) in [6, 6.07) is 4.19. The molecule has 0 aromatic carbocycles. The second-order valence-electron chi connectivity index (χ2n) is 7.53. The molecule has 2 fully saturated rings. The monoisotopic (exact) mass is 460 g/mol. The number of furan rings is 1. The predicted octanol–water partition coefficient (Wildman–Crippen LogP) is 6.46. The molecule has 1 aromatic heterocycles. The van der Waals surface area contributed by atoms with Crippen molar-refractivity contribution < 1.29 is 21.4 Å². The Kier molecular flexibility index (Phi) is 9.37. The molecule has 2 aliphatic carbocycles. The Bertz CT molecular complexity index is 620. The third-order valence-corrected chi connectivity index (χ3v) is 10.3. The van der Waals surface area contributed by atoms with Gasteiger partial charge in [-0.25, -0.2) is 0 Å². The van der Waals surface area contributed by atoms with Gasteiger partial charge in [0.15, 0.2) is 0 Å². The van der Waals surface area contributed by atoms with Gasteiger partial charge < -0.3 is 27.0 Å². The average Bonchev–Trinajstić information content (AvgIpc) is 3.30. The molecule has 0 radical (unpaired) electrons. The van der Waals surface area contributed by atoms with Crippen LogP contribution in [-0.2, 0) is 17.0 Å². The SMILES string of the molecule is C[Si](C)(C1C(c2ccco2)CC2C=CC=CC21)N1C[N-]C[N-]C1.[CH3-].[Cl][Ti+4][Cl]. The van der Waals surface area contributed by atoms with Gasteiger partial charge in [-0.3, -0.25) is 6.67 Å². The van der Waals surface area contributed by atoms with Crippen LogP contribution in [0.3, 0.4) is 0 Å². The molecular weight excluding hydrogens is 433 g/mol. The second kappa shape index (κ2) is 10.8. The zero-order chi connectivity index (χ0) is 18.6. The van der Waals surface area contributed by atoms with Gasteiger partial charge in [0.1, 0.15) is 14.0 Å². The van der Waals surface area contributed by atoms with Crippen molar-refractivity contribution in [2.24, 2.45) is 11.8 Å². The summed E-state index contributed by atoms with van der Waals surface area (Å²) < 4.78 is 8.41. The van der Waals surface area contributed by atoms with Crippen molar-refractivity contribution in [1.82, 2.24) is 4.57 Å². The predicted molar refractivity (Wildman–Crippen MR) is 114 cm³/mol. The van der Waals surface area contributed by atoms with Gasteiger partial charge in [0.05, 0.1) is 6.26 Å². The Morgan fingerprint density at radius 2 is 1.85 bits per heavy atom. The van der Waals surface area contributed by atoms with Crippen LogP contribution in [0.5, 0.6) is 0 Å². The van der Waals surface area contributed by atoms with Crippen molar-refractivity contribution in [3.05, 3.63) is 66.5 Å². The number of hydrogen-bond donors (Lipinski definition) is 0. The molecule has 146 valence electrons. The zero-order valence-corrected chi connectivity index (χ0v) is 20.3. The molecule has 4 rings (SSSR count). The molecule has 2 heterocycles. The van der Waals surface area contributed by atoms with Crippen molar-refractivity contribution in [1.29, 1.82) is 0 Å². The molecule has 0 amide bonds. The third kappa shape index (κ3) is 5.20. The van der Waals surface area contributed by atoms with E-state index < -0.39 is 25.3 Å². The summed E-state index contributed by atoms with van der Waals surface area (Å²) in [5.74, 6) is 2.94. The first-order chi connectivity index (χ1) is 12.6. The molecule has 1 saturated carbocycles. The summed E-state index contributed by atoms with van der Waals surface area (Å²) in [4.78, 5) is 0. The van der Waals surface area contributed by atoms with E-state index >= 15 is 0 Å². The quantitative estimate of drug-likeness (QED) is 0.383. The van der Waals surface area contributed by atoms with E-state index in [-0.39, 0.29) is 7.43 Å². The van der Waals surface area contributed by atoms with Gasteiger partial charge in [-0.05, 0) is 35.9 Å². The Hall–Kier alpha value is 0.151. The summed E-state index contributed by atoms with van der Waals surface area (Å²) in [7, 11) is 8.08. The third-order valence-electron chi connectivity index (χ3n) is 5.95. The molecule has 0 N–H and O–H groups in total. The van der Waals surface area contributed by atoms with Crippen molar-refractivity contribution >= 4 is 26.8 Å². The van der Waals surface area contributed by atoms with Crippen LogP contribution in [0, 0.1) is 19.3 Å². The summed E-state index contributed by atoms with van der Waals surface area (Å²) in [5, 5.41) is 9.05. The van der Waals surface area contributed by atoms with Gasteiger partial charge in [-0.2, -0.15) is 0 Å². The summed E-state index contributed by atoms with van der Waals surface area (Å²) in [6.45, 7) is 7.36. The van der Waals surface area contributed by atoms with Crippen LogP contribution >= 0.6 is 18.6 Å². The van der Waals surface area contributed by atoms with Crippen LogP contribution in [0.1, 0.15) is 18.1 Å². The van der Waals surface area contributed by atoms with Crippen LogP contribution in [0.4, 0.5) is 0 Å². The van der Waals surface area contributed by atoms with E-state index in [1.807, 2.05) is 12.3 Å². The van der Waals surface area contributed by atoms with Crippen molar-refractivity contribution in [3.63, 3.8) is 0 Å². The molecule has 4 atom stereocenters. The Morgan fingerprint density at radius 1 is 1.19 bits per heavy atom. The van der Waals surface area contributed by atoms with E-state index in [1.54, 1.807) is 0 Å². The Morgan fingerprint density at radius 3 is 2.48 bits per heavy atom. The number of halogens is 2. The molecule has 1 aliphatic heterocycles. The summed E-state index contributed by atoms with van der Waals surface area (Å²) >= 11 is -0.556. The average molecular weight is 461 g/mol. The number of allylic oxidation sites excluding steroid dienone is 4. The minimum absolute atomic E-state index is 0. The molecule has 27 heavy (non-hydrogen) atoms. The van der Waals surface area contributed by atoms with Crippen LogP contribution in [0.2, 0.25) is 18.6 Å². The first-order valence-corrected chi connectivity index (χ1v) is 16.3. The van der Waals surface area contributed by atoms with E-state index in [2.05, 4.69) is 58.7 Å². The van der Waals surface area contributed by atoms with Gasteiger partial charge in [-0.1, -0.05) is 37.4 Å². The number of hydrogen-bond acceptors (Lipinski definition) is 2. The topological polar surface area (TPSA) is 44.6 Å². The van der Waals surface area contributed by atoms with Gasteiger partial charge in [0, 0.05) is 5.92 Å². The maximum absolute atomic E-state index is 5.84. The molecule has 1 aromatic rings. The number of rotatable bonds is 3. The van der Waals surface area contributed by atoms with E-state index in [1.165, 1.54) is 6.42 Å². The van der Waals surface area contributed by atoms with Gasteiger partial charge in [-0.15, -0.1) is 13.3 Å².